The van der Waals surface area contributed by atoms with Crippen molar-refractivity contribution in [3.05, 3.63) is 66.3 Å². The lowest BCUT2D eigenvalue weighted by atomic mass is 10.1. The van der Waals surface area contributed by atoms with Crippen molar-refractivity contribution in [3.8, 4) is 11.4 Å². The molecule has 138 valence electrons. The molecule has 0 saturated carbocycles. The lowest BCUT2D eigenvalue weighted by Gasteiger charge is -2.05. The number of benzene rings is 1. The standard InChI is InChI=1S/C19H19N5O3/c25-16(8-11-21-17(26)12-14-4-2-1-3-5-14)22-13-18-23-19(24-27-18)15-6-9-20-10-7-15/h1-7,9-10H,8,11-13H2,(H,21,26)(H,22,25). The van der Waals surface area contributed by atoms with Gasteiger partial charge in [0.2, 0.25) is 23.5 Å². The van der Waals surface area contributed by atoms with Crippen LogP contribution in [0.25, 0.3) is 11.4 Å². The van der Waals surface area contributed by atoms with Gasteiger partial charge in [-0.15, -0.1) is 0 Å². The van der Waals surface area contributed by atoms with E-state index in [9.17, 15) is 9.59 Å². The van der Waals surface area contributed by atoms with Crippen LogP contribution in [0.3, 0.4) is 0 Å². The Morgan fingerprint density at radius 2 is 1.74 bits per heavy atom. The highest BCUT2D eigenvalue weighted by Gasteiger charge is 2.10. The summed E-state index contributed by atoms with van der Waals surface area (Å²) in [4.78, 5) is 31.8. The summed E-state index contributed by atoms with van der Waals surface area (Å²) in [6.07, 6.45) is 3.74. The molecular formula is C19H19N5O3. The minimum absolute atomic E-state index is 0.118. The summed E-state index contributed by atoms with van der Waals surface area (Å²) in [6, 6.07) is 13.0. The van der Waals surface area contributed by atoms with Crippen molar-refractivity contribution in [2.45, 2.75) is 19.4 Å². The zero-order valence-corrected chi connectivity index (χ0v) is 14.6. The summed E-state index contributed by atoms with van der Waals surface area (Å²) in [6.45, 7) is 0.401. The first-order chi connectivity index (χ1) is 13.2. The second-order valence-electron chi connectivity index (χ2n) is 5.79. The molecule has 0 fully saturated rings. The molecule has 2 N–H and O–H groups in total. The van der Waals surface area contributed by atoms with Gasteiger partial charge < -0.3 is 15.2 Å². The Labute approximate surface area is 156 Å². The maximum atomic E-state index is 11.9. The Bertz CT molecular complexity index is 881. The monoisotopic (exact) mass is 365 g/mol. The van der Waals surface area contributed by atoms with Crippen LogP contribution in [0.5, 0.6) is 0 Å². The minimum atomic E-state index is -0.210. The number of hydrogen-bond donors (Lipinski definition) is 2. The molecule has 0 saturated heterocycles. The van der Waals surface area contributed by atoms with Crippen molar-refractivity contribution in [1.29, 1.82) is 0 Å². The van der Waals surface area contributed by atoms with E-state index in [1.165, 1.54) is 0 Å². The third-order valence-corrected chi connectivity index (χ3v) is 3.73. The maximum Gasteiger partial charge on any atom is 0.246 e. The van der Waals surface area contributed by atoms with Gasteiger partial charge in [-0.25, -0.2) is 0 Å². The Morgan fingerprint density at radius 1 is 0.963 bits per heavy atom. The average Bonchev–Trinajstić information content (AvgIpc) is 3.17. The van der Waals surface area contributed by atoms with E-state index in [0.717, 1.165) is 11.1 Å². The summed E-state index contributed by atoms with van der Waals surface area (Å²) in [5.41, 5.74) is 1.72. The van der Waals surface area contributed by atoms with Crippen molar-refractivity contribution < 1.29 is 14.1 Å². The van der Waals surface area contributed by atoms with Gasteiger partial charge in [-0.2, -0.15) is 4.98 Å². The summed E-state index contributed by atoms with van der Waals surface area (Å²) >= 11 is 0. The fraction of sp³-hybridized carbons (Fsp3) is 0.211. The zero-order valence-electron chi connectivity index (χ0n) is 14.6. The average molecular weight is 365 g/mol. The Morgan fingerprint density at radius 3 is 2.52 bits per heavy atom. The van der Waals surface area contributed by atoms with Crippen LogP contribution >= 0.6 is 0 Å². The second-order valence-corrected chi connectivity index (χ2v) is 5.79. The molecule has 0 atom stereocenters. The van der Waals surface area contributed by atoms with Crippen molar-refractivity contribution in [2.75, 3.05) is 6.54 Å². The van der Waals surface area contributed by atoms with E-state index in [0.29, 0.717) is 18.1 Å². The van der Waals surface area contributed by atoms with Gasteiger partial charge in [0.15, 0.2) is 0 Å². The third-order valence-electron chi connectivity index (χ3n) is 3.73. The normalized spacial score (nSPS) is 10.4. The van der Waals surface area contributed by atoms with Gasteiger partial charge in [0.1, 0.15) is 0 Å². The Hall–Kier alpha value is -3.55. The van der Waals surface area contributed by atoms with Gasteiger partial charge in [0.05, 0.1) is 13.0 Å². The molecule has 0 spiro atoms. The molecule has 0 aliphatic heterocycles. The van der Waals surface area contributed by atoms with Crippen molar-refractivity contribution in [1.82, 2.24) is 25.8 Å². The number of pyridine rings is 1. The fourth-order valence-corrected chi connectivity index (χ4v) is 2.37. The van der Waals surface area contributed by atoms with E-state index < -0.39 is 0 Å². The van der Waals surface area contributed by atoms with Gasteiger partial charge in [-0.05, 0) is 17.7 Å². The van der Waals surface area contributed by atoms with Crippen LogP contribution in [0.4, 0.5) is 0 Å². The smallest absolute Gasteiger partial charge is 0.246 e. The molecule has 1 aromatic carbocycles. The largest absolute Gasteiger partial charge is 0.355 e. The number of carbonyl (C=O) groups is 2. The lowest BCUT2D eigenvalue weighted by molar-refractivity contribution is -0.122. The molecule has 0 aliphatic rings. The topological polar surface area (TPSA) is 110 Å². The summed E-state index contributed by atoms with van der Waals surface area (Å²) < 4.78 is 5.11. The van der Waals surface area contributed by atoms with E-state index in [-0.39, 0.29) is 31.3 Å². The van der Waals surface area contributed by atoms with E-state index in [2.05, 4.69) is 25.8 Å². The SMILES string of the molecule is O=C(CCNC(=O)Cc1ccccc1)NCc1nc(-c2ccncc2)no1. The highest BCUT2D eigenvalue weighted by molar-refractivity contribution is 5.80. The molecule has 2 amide bonds. The van der Waals surface area contributed by atoms with Crippen LogP contribution in [0.1, 0.15) is 17.9 Å². The highest BCUT2D eigenvalue weighted by Crippen LogP contribution is 2.13. The first-order valence-electron chi connectivity index (χ1n) is 8.51. The Balaban J connectivity index is 1.36. The van der Waals surface area contributed by atoms with E-state index in [4.69, 9.17) is 4.52 Å². The van der Waals surface area contributed by atoms with Gasteiger partial charge in [0.25, 0.3) is 0 Å². The predicted molar refractivity (Wildman–Crippen MR) is 97.1 cm³/mol. The molecule has 3 rings (SSSR count). The molecule has 3 aromatic rings. The quantitative estimate of drug-likeness (QED) is 0.626. The maximum absolute atomic E-state index is 11.9. The zero-order chi connectivity index (χ0) is 18.9. The number of hydrogen-bond acceptors (Lipinski definition) is 6. The Kier molecular flexibility index (Phi) is 6.24. The minimum Gasteiger partial charge on any atom is -0.355 e. The van der Waals surface area contributed by atoms with Crippen molar-refractivity contribution in [2.24, 2.45) is 0 Å². The summed E-state index contributed by atoms with van der Waals surface area (Å²) in [5, 5.41) is 9.28. The number of rotatable bonds is 8. The molecule has 2 aromatic heterocycles. The van der Waals surface area contributed by atoms with Gasteiger partial charge in [0, 0.05) is 30.9 Å². The van der Waals surface area contributed by atoms with Crippen LogP contribution in [-0.2, 0) is 22.6 Å². The molecule has 8 heteroatoms. The van der Waals surface area contributed by atoms with Gasteiger partial charge >= 0.3 is 0 Å². The number of amides is 2. The van der Waals surface area contributed by atoms with Crippen molar-refractivity contribution in [3.63, 3.8) is 0 Å². The van der Waals surface area contributed by atoms with Crippen LogP contribution in [0, 0.1) is 0 Å². The first kappa shape index (κ1) is 18.2. The van der Waals surface area contributed by atoms with Gasteiger partial charge in [-0.3, -0.25) is 14.6 Å². The molecule has 0 unspecified atom stereocenters. The summed E-state index contributed by atoms with van der Waals surface area (Å²) in [7, 11) is 0. The molecule has 0 bridgehead atoms. The number of carbonyl (C=O) groups excluding carboxylic acids is 2. The number of nitrogens with one attached hydrogen (secondary N) is 2. The first-order valence-corrected chi connectivity index (χ1v) is 8.51. The van der Waals surface area contributed by atoms with Gasteiger partial charge in [-0.1, -0.05) is 35.5 Å². The van der Waals surface area contributed by atoms with E-state index in [1.54, 1.807) is 24.5 Å². The highest BCUT2D eigenvalue weighted by atomic mass is 16.5. The van der Waals surface area contributed by atoms with Crippen LogP contribution < -0.4 is 10.6 Å². The molecule has 27 heavy (non-hydrogen) atoms. The van der Waals surface area contributed by atoms with E-state index >= 15 is 0 Å². The van der Waals surface area contributed by atoms with Crippen LogP contribution in [-0.4, -0.2) is 33.5 Å². The molecule has 2 heterocycles. The van der Waals surface area contributed by atoms with Crippen molar-refractivity contribution >= 4 is 11.8 Å². The van der Waals surface area contributed by atoms with Crippen LogP contribution in [0.2, 0.25) is 0 Å². The molecule has 8 nitrogen and oxygen atoms in total. The molecule has 0 aliphatic carbocycles. The number of aromatic nitrogens is 3. The molecular weight excluding hydrogens is 346 g/mol. The number of nitrogens with zero attached hydrogens (tertiary/aromatic N) is 3. The predicted octanol–water partition coefficient (Wildman–Crippen LogP) is 1.50. The van der Waals surface area contributed by atoms with Crippen LogP contribution in [0.15, 0.2) is 59.4 Å². The van der Waals surface area contributed by atoms with E-state index in [1.807, 2.05) is 30.3 Å². The fourth-order valence-electron chi connectivity index (χ4n) is 2.37. The molecule has 0 radical (unpaired) electrons. The second kappa shape index (κ2) is 9.23. The summed E-state index contributed by atoms with van der Waals surface area (Å²) in [5.74, 6) is 0.421. The lowest BCUT2D eigenvalue weighted by Crippen LogP contribution is -2.31. The third kappa shape index (κ3) is 5.74.